The maximum absolute atomic E-state index is 13.4. The minimum absolute atomic E-state index is 0.220. The molecule has 1 atom stereocenters. The van der Waals surface area contributed by atoms with E-state index in [1.54, 1.807) is 13.2 Å². The number of piperidine rings is 1. The SMILES string of the molecule is COCC(O)CN1CCC(Nc2cccc3c2cc(-c2ccccc2)n3CC(F)(F)F)CC1. The number of likely N-dealkylation sites (tertiary alicyclic amines) is 1. The largest absolute Gasteiger partial charge is 0.406 e. The lowest BCUT2D eigenvalue weighted by molar-refractivity contribution is -0.139. The first-order valence-corrected chi connectivity index (χ1v) is 11.2. The van der Waals surface area contributed by atoms with Crippen LogP contribution >= 0.6 is 0 Å². The van der Waals surface area contributed by atoms with E-state index < -0.39 is 18.8 Å². The molecule has 33 heavy (non-hydrogen) atoms. The quantitative estimate of drug-likeness (QED) is 0.508. The zero-order valence-corrected chi connectivity index (χ0v) is 18.7. The van der Waals surface area contributed by atoms with Gasteiger partial charge in [0, 0.05) is 49.6 Å². The van der Waals surface area contributed by atoms with Crippen molar-refractivity contribution >= 4 is 16.6 Å². The molecule has 0 amide bonds. The highest BCUT2D eigenvalue weighted by molar-refractivity contribution is 5.96. The maximum atomic E-state index is 13.4. The standard InChI is InChI=1S/C25H30F3N3O2/c1-33-16-20(32)15-30-12-10-19(11-13-30)29-22-8-5-9-23-21(22)14-24(18-6-3-2-4-7-18)31(23)17-25(26,27)28/h2-9,14,19-20,29,32H,10-13,15-17H2,1H3. The van der Waals surface area contributed by atoms with Gasteiger partial charge in [-0.25, -0.2) is 0 Å². The van der Waals surface area contributed by atoms with Gasteiger partial charge >= 0.3 is 6.18 Å². The van der Waals surface area contributed by atoms with Crippen LogP contribution in [0.5, 0.6) is 0 Å². The molecule has 0 bridgehead atoms. The summed E-state index contributed by atoms with van der Waals surface area (Å²) in [5.74, 6) is 0. The highest BCUT2D eigenvalue weighted by Crippen LogP contribution is 2.35. The minimum Gasteiger partial charge on any atom is -0.389 e. The predicted octanol–water partition coefficient (Wildman–Crippen LogP) is 4.75. The van der Waals surface area contributed by atoms with Crippen LogP contribution in [-0.2, 0) is 11.3 Å². The number of nitrogens with zero attached hydrogens (tertiary/aromatic N) is 2. The Kier molecular flexibility index (Phi) is 7.26. The molecule has 0 radical (unpaired) electrons. The van der Waals surface area contributed by atoms with E-state index in [9.17, 15) is 18.3 Å². The first kappa shape index (κ1) is 23.6. The summed E-state index contributed by atoms with van der Waals surface area (Å²) in [5.41, 5.74) is 2.73. The summed E-state index contributed by atoms with van der Waals surface area (Å²) in [7, 11) is 1.57. The number of fused-ring (bicyclic) bond motifs is 1. The fraction of sp³-hybridized carbons (Fsp3) is 0.440. The summed E-state index contributed by atoms with van der Waals surface area (Å²) in [5, 5.41) is 14.3. The second-order valence-corrected chi connectivity index (χ2v) is 8.66. The van der Waals surface area contributed by atoms with E-state index >= 15 is 0 Å². The summed E-state index contributed by atoms with van der Waals surface area (Å²) in [6, 6.07) is 16.8. The fourth-order valence-corrected chi connectivity index (χ4v) is 4.63. The van der Waals surface area contributed by atoms with Crippen LogP contribution in [0.4, 0.5) is 18.9 Å². The first-order valence-electron chi connectivity index (χ1n) is 11.2. The Balaban J connectivity index is 1.56. The molecule has 1 aliphatic rings. The number of hydrogen-bond acceptors (Lipinski definition) is 4. The van der Waals surface area contributed by atoms with Crippen LogP contribution in [0, 0.1) is 0 Å². The lowest BCUT2D eigenvalue weighted by Gasteiger charge is -2.34. The molecule has 3 aromatic rings. The third-order valence-corrected chi connectivity index (χ3v) is 6.13. The Hall–Kier alpha value is -2.55. The third kappa shape index (κ3) is 5.88. The Morgan fingerprint density at radius 1 is 1.09 bits per heavy atom. The zero-order chi connectivity index (χ0) is 23.4. The summed E-state index contributed by atoms with van der Waals surface area (Å²) in [4.78, 5) is 2.22. The number of alkyl halides is 3. The first-order chi connectivity index (χ1) is 15.8. The number of aliphatic hydroxyl groups is 1. The number of aromatic nitrogens is 1. The summed E-state index contributed by atoms with van der Waals surface area (Å²) < 4.78 is 46.6. The van der Waals surface area contributed by atoms with Crippen LogP contribution in [0.25, 0.3) is 22.2 Å². The number of hydrogen-bond donors (Lipinski definition) is 2. The van der Waals surface area contributed by atoms with Crippen molar-refractivity contribution in [1.82, 2.24) is 9.47 Å². The van der Waals surface area contributed by atoms with Crippen LogP contribution in [0.15, 0.2) is 54.6 Å². The highest BCUT2D eigenvalue weighted by Gasteiger charge is 2.30. The summed E-state index contributed by atoms with van der Waals surface area (Å²) in [6.07, 6.45) is -3.03. The Morgan fingerprint density at radius 3 is 2.48 bits per heavy atom. The van der Waals surface area contributed by atoms with Gasteiger partial charge in [-0.15, -0.1) is 0 Å². The fourth-order valence-electron chi connectivity index (χ4n) is 4.63. The number of ether oxygens (including phenoxy) is 1. The third-order valence-electron chi connectivity index (χ3n) is 6.13. The number of nitrogens with one attached hydrogen (secondary N) is 1. The summed E-state index contributed by atoms with van der Waals surface area (Å²) >= 11 is 0. The van der Waals surface area contributed by atoms with Gasteiger partial charge in [-0.1, -0.05) is 36.4 Å². The van der Waals surface area contributed by atoms with E-state index in [2.05, 4.69) is 10.2 Å². The number of halogens is 3. The van der Waals surface area contributed by atoms with Crippen molar-refractivity contribution in [2.24, 2.45) is 0 Å². The van der Waals surface area contributed by atoms with Crippen molar-refractivity contribution in [3.05, 3.63) is 54.6 Å². The minimum atomic E-state index is -4.32. The van der Waals surface area contributed by atoms with E-state index in [1.165, 1.54) is 4.57 Å². The number of anilines is 1. The molecule has 0 spiro atoms. The molecule has 2 heterocycles. The molecule has 1 aromatic heterocycles. The molecule has 1 fully saturated rings. The lowest BCUT2D eigenvalue weighted by atomic mass is 10.0. The van der Waals surface area contributed by atoms with Crippen molar-refractivity contribution in [2.45, 2.75) is 37.7 Å². The Bertz CT molecular complexity index is 1040. The molecule has 178 valence electrons. The number of benzene rings is 2. The van der Waals surface area contributed by atoms with Gasteiger partial charge in [0.15, 0.2) is 0 Å². The van der Waals surface area contributed by atoms with Crippen LogP contribution in [0.1, 0.15) is 12.8 Å². The maximum Gasteiger partial charge on any atom is 0.406 e. The second kappa shape index (κ2) is 10.2. The topological polar surface area (TPSA) is 49.7 Å². The van der Waals surface area contributed by atoms with E-state index in [4.69, 9.17) is 4.74 Å². The molecular weight excluding hydrogens is 431 g/mol. The zero-order valence-electron chi connectivity index (χ0n) is 18.7. The monoisotopic (exact) mass is 461 g/mol. The van der Waals surface area contributed by atoms with Gasteiger partial charge in [0.25, 0.3) is 0 Å². The van der Waals surface area contributed by atoms with Gasteiger partial charge in [0.1, 0.15) is 6.54 Å². The number of aliphatic hydroxyl groups excluding tert-OH is 1. The van der Waals surface area contributed by atoms with Crippen LogP contribution in [-0.4, -0.2) is 66.2 Å². The molecule has 1 unspecified atom stereocenters. The lowest BCUT2D eigenvalue weighted by Crippen LogP contribution is -2.43. The normalized spacial score (nSPS) is 16.9. The van der Waals surface area contributed by atoms with Crippen molar-refractivity contribution < 1.29 is 23.0 Å². The van der Waals surface area contributed by atoms with E-state index in [1.807, 2.05) is 48.5 Å². The van der Waals surface area contributed by atoms with E-state index in [-0.39, 0.29) is 6.04 Å². The van der Waals surface area contributed by atoms with Gasteiger partial charge < -0.3 is 24.6 Å². The van der Waals surface area contributed by atoms with Gasteiger partial charge in [-0.05, 0) is 36.6 Å². The van der Waals surface area contributed by atoms with Crippen molar-refractivity contribution in [3.8, 4) is 11.3 Å². The van der Waals surface area contributed by atoms with E-state index in [0.29, 0.717) is 24.4 Å². The van der Waals surface area contributed by atoms with Gasteiger partial charge in [-0.3, -0.25) is 0 Å². The smallest absolute Gasteiger partial charge is 0.389 e. The molecule has 0 saturated carbocycles. The number of methoxy groups -OCH3 is 1. The number of β-amino-alcohol motifs (C(OH)–C–C–N with tert-alkyl or cyclic N) is 1. The predicted molar refractivity (Wildman–Crippen MR) is 124 cm³/mol. The Labute approximate surface area is 191 Å². The highest BCUT2D eigenvalue weighted by atomic mass is 19.4. The van der Waals surface area contributed by atoms with Gasteiger partial charge in [0.05, 0.1) is 18.2 Å². The van der Waals surface area contributed by atoms with Crippen LogP contribution < -0.4 is 5.32 Å². The molecule has 8 heteroatoms. The molecule has 5 nitrogen and oxygen atoms in total. The average Bonchev–Trinajstić information content (AvgIpc) is 3.14. The molecule has 1 saturated heterocycles. The average molecular weight is 462 g/mol. The molecule has 0 aliphatic carbocycles. The van der Waals surface area contributed by atoms with Gasteiger partial charge in [-0.2, -0.15) is 13.2 Å². The van der Waals surface area contributed by atoms with Crippen LogP contribution in [0.3, 0.4) is 0 Å². The van der Waals surface area contributed by atoms with Gasteiger partial charge in [0.2, 0.25) is 0 Å². The molecule has 1 aliphatic heterocycles. The van der Waals surface area contributed by atoms with Crippen LogP contribution in [0.2, 0.25) is 0 Å². The second-order valence-electron chi connectivity index (χ2n) is 8.66. The number of rotatable bonds is 8. The molecule has 4 rings (SSSR count). The molecule has 2 N–H and O–H groups in total. The van der Waals surface area contributed by atoms with Crippen molar-refractivity contribution in [1.29, 1.82) is 0 Å². The van der Waals surface area contributed by atoms with E-state index in [0.717, 1.165) is 42.6 Å². The molecular formula is C25H30F3N3O2. The Morgan fingerprint density at radius 2 is 1.82 bits per heavy atom. The van der Waals surface area contributed by atoms with Crippen molar-refractivity contribution in [2.75, 3.05) is 38.7 Å². The summed E-state index contributed by atoms with van der Waals surface area (Å²) in [6.45, 7) is 1.56. The molecule has 2 aromatic carbocycles. The van der Waals surface area contributed by atoms with Crippen molar-refractivity contribution in [3.63, 3.8) is 0 Å².